The maximum absolute atomic E-state index is 14.5. The van der Waals surface area contributed by atoms with Gasteiger partial charge in [0.1, 0.15) is 24.0 Å². The van der Waals surface area contributed by atoms with Crippen LogP contribution >= 0.6 is 0 Å². The lowest BCUT2D eigenvalue weighted by Gasteiger charge is -2.47. The van der Waals surface area contributed by atoms with Crippen molar-refractivity contribution in [3.63, 3.8) is 0 Å². The minimum absolute atomic E-state index is 0.0267. The fourth-order valence-electron chi connectivity index (χ4n) is 11.3. The van der Waals surface area contributed by atoms with E-state index in [0.29, 0.717) is 50.5 Å². The summed E-state index contributed by atoms with van der Waals surface area (Å²) >= 11 is 0. The van der Waals surface area contributed by atoms with E-state index < -0.39 is 83.9 Å². The molecule has 2 aromatic rings. The Balaban J connectivity index is 1.30. The number of hydrogen-bond donors (Lipinski definition) is 3. The number of allylic oxidation sites excluding steroid dienone is 3. The second-order valence-electron chi connectivity index (χ2n) is 20.2. The maximum Gasteiger partial charge on any atom is 0.329 e. The van der Waals surface area contributed by atoms with Crippen molar-refractivity contribution in [1.82, 2.24) is 9.47 Å². The van der Waals surface area contributed by atoms with Gasteiger partial charge in [-0.05, 0) is 120 Å². The number of esters is 1. The maximum atomic E-state index is 14.5. The number of fused-ring (bicyclic) bond motifs is 4. The number of carbonyl (C=O) groups is 4. The number of amides is 1. The Morgan fingerprint density at radius 1 is 0.955 bits per heavy atom. The second kappa shape index (κ2) is 22.0. The molecule has 6 rings (SSSR count). The number of rotatable bonds is 7. The van der Waals surface area contributed by atoms with Crippen LogP contribution in [0.2, 0.25) is 0 Å². The summed E-state index contributed by atoms with van der Waals surface area (Å²) in [5.41, 5.74) is 3.80. The molecule has 3 aliphatic heterocycles. The lowest BCUT2D eigenvalue weighted by Crippen LogP contribution is -2.64. The SMILES string of the molecule is CCC1C=C(C)CC(C)CC(OC)C2OC(O)(C(=O)C(=O)N3CCCCC3C(=O)OC(C(C)=CC3CCC(N(C)c4ccc5c(ccn5C)c4)C(O)C3)C(C)C(O)CC1=O)C(C)CC2OC. The van der Waals surface area contributed by atoms with Gasteiger partial charge in [-0.25, -0.2) is 4.79 Å². The monoisotopic (exact) mass is 920 g/mol. The fourth-order valence-corrected chi connectivity index (χ4v) is 11.3. The standard InChI is InChI=1S/C52H77N3O11/c1-11-36-23-30(2)22-31(3)24-45(63-9)48-46(64-10)26-33(5)52(62,66-48)49(59)50(60)55-20-13-12-14-41(55)51(61)65-47(34(6)42(56)29-43(36)57)32(4)25-35-15-17-40(44(58)27-35)54(8)38-16-18-39-37(28-38)19-21-53(39)7/h16,18-19,21,23,25,28,31,33-36,40-42,44-48,56,58,62H,11-15,17,20,22,24,26-27,29H2,1-10H3. The van der Waals surface area contributed by atoms with Crippen LogP contribution in [0.25, 0.3) is 10.9 Å². The number of hydrogen-bond acceptors (Lipinski definition) is 12. The van der Waals surface area contributed by atoms with E-state index in [0.717, 1.165) is 28.6 Å². The third-order valence-corrected chi connectivity index (χ3v) is 15.4. The smallest absolute Gasteiger partial charge is 0.329 e. The van der Waals surface area contributed by atoms with Gasteiger partial charge in [0, 0.05) is 81.8 Å². The largest absolute Gasteiger partial charge is 0.456 e. The number of cyclic esters (lactones) is 1. The Bertz CT molecular complexity index is 2100. The number of likely N-dealkylation sites (N-methyl/N-ethyl adjacent to an activating group) is 1. The first-order valence-corrected chi connectivity index (χ1v) is 24.4. The van der Waals surface area contributed by atoms with Crippen molar-refractivity contribution in [2.75, 3.05) is 32.7 Å². The molecule has 3 N–H and O–H groups in total. The molecule has 14 atom stereocenters. The average molecular weight is 920 g/mol. The van der Waals surface area contributed by atoms with E-state index in [1.165, 1.54) is 19.1 Å². The van der Waals surface area contributed by atoms with E-state index in [1.807, 2.05) is 53.2 Å². The molecule has 14 unspecified atom stereocenters. The van der Waals surface area contributed by atoms with Crippen LogP contribution in [0.15, 0.2) is 53.8 Å². The number of benzene rings is 1. The molecule has 1 amide bonds. The van der Waals surface area contributed by atoms with Crippen LogP contribution in [0.4, 0.5) is 5.69 Å². The number of Topliss-reactive ketones (excluding diaryl/α,β-unsaturated/α-hetero) is 2. The summed E-state index contributed by atoms with van der Waals surface area (Å²) in [6.07, 6.45) is 6.08. The van der Waals surface area contributed by atoms with Crippen molar-refractivity contribution < 1.29 is 53.4 Å². The molecule has 66 heavy (non-hydrogen) atoms. The minimum Gasteiger partial charge on any atom is -0.456 e. The fraction of sp³-hybridized carbons (Fsp3) is 0.692. The zero-order valence-electron chi connectivity index (χ0n) is 41.0. The molecule has 14 heteroatoms. The van der Waals surface area contributed by atoms with Crippen molar-refractivity contribution in [3.8, 4) is 0 Å². The molecule has 14 nitrogen and oxygen atoms in total. The molecule has 1 aromatic carbocycles. The van der Waals surface area contributed by atoms with E-state index >= 15 is 0 Å². The van der Waals surface area contributed by atoms with E-state index in [4.69, 9.17) is 18.9 Å². The summed E-state index contributed by atoms with van der Waals surface area (Å²) in [7, 11) is 7.10. The molecule has 1 saturated carbocycles. The van der Waals surface area contributed by atoms with Crippen molar-refractivity contribution >= 4 is 40.0 Å². The van der Waals surface area contributed by atoms with Crippen molar-refractivity contribution in [3.05, 3.63) is 53.8 Å². The zero-order valence-corrected chi connectivity index (χ0v) is 41.0. The average Bonchev–Trinajstić information content (AvgIpc) is 3.67. The first kappa shape index (κ1) is 51.5. The van der Waals surface area contributed by atoms with Gasteiger partial charge in [0.05, 0.1) is 30.5 Å². The second-order valence-corrected chi connectivity index (χ2v) is 20.2. The van der Waals surface area contributed by atoms with Crippen LogP contribution in [-0.4, -0.2) is 131 Å². The van der Waals surface area contributed by atoms with E-state index in [9.17, 15) is 34.5 Å². The number of ketones is 2. The Hall–Kier alpha value is -3.92. The molecule has 366 valence electrons. The van der Waals surface area contributed by atoms with Gasteiger partial charge >= 0.3 is 5.97 Å². The van der Waals surface area contributed by atoms with Gasteiger partial charge < -0.3 is 48.6 Å². The molecule has 3 fully saturated rings. The minimum atomic E-state index is -2.51. The number of piperidine rings is 1. The number of carbonyl (C=O) groups excluding carboxylic acids is 4. The predicted octanol–water partition coefficient (Wildman–Crippen LogP) is 6.45. The summed E-state index contributed by atoms with van der Waals surface area (Å²) < 4.78 is 26.5. The van der Waals surface area contributed by atoms with Crippen LogP contribution in [0.1, 0.15) is 112 Å². The zero-order chi connectivity index (χ0) is 48.2. The Morgan fingerprint density at radius 2 is 1.67 bits per heavy atom. The van der Waals surface area contributed by atoms with E-state index in [-0.39, 0.29) is 49.5 Å². The highest BCUT2D eigenvalue weighted by molar-refractivity contribution is 6.39. The van der Waals surface area contributed by atoms with Crippen LogP contribution in [-0.2, 0) is 45.2 Å². The normalized spacial score (nSPS) is 36.3. The summed E-state index contributed by atoms with van der Waals surface area (Å²) in [6.45, 7) is 11.3. The number of aliphatic hydroxyl groups excluding tert-OH is 2. The number of methoxy groups -OCH3 is 2. The molecular weight excluding hydrogens is 843 g/mol. The van der Waals surface area contributed by atoms with Gasteiger partial charge in [-0.1, -0.05) is 45.4 Å². The number of aliphatic hydroxyl groups is 3. The molecule has 1 aromatic heterocycles. The molecular formula is C52H77N3O11. The third kappa shape index (κ3) is 11.2. The first-order valence-electron chi connectivity index (χ1n) is 24.4. The van der Waals surface area contributed by atoms with Crippen LogP contribution in [0.5, 0.6) is 0 Å². The van der Waals surface area contributed by atoms with Crippen LogP contribution in [0.3, 0.4) is 0 Å². The molecule has 4 heterocycles. The Labute approximate surface area is 391 Å². The predicted molar refractivity (Wildman–Crippen MR) is 252 cm³/mol. The van der Waals surface area contributed by atoms with Gasteiger partial charge in [0.15, 0.2) is 0 Å². The lowest BCUT2D eigenvalue weighted by atomic mass is 9.80. The summed E-state index contributed by atoms with van der Waals surface area (Å²) in [5.74, 6) is -7.65. The van der Waals surface area contributed by atoms with Gasteiger partial charge in [0.2, 0.25) is 5.79 Å². The molecule has 2 saturated heterocycles. The summed E-state index contributed by atoms with van der Waals surface area (Å²) in [6, 6.07) is 7.12. The number of aryl methyl sites for hydroxylation is 1. The Morgan fingerprint density at radius 3 is 2.35 bits per heavy atom. The highest BCUT2D eigenvalue weighted by atomic mass is 16.7. The van der Waals surface area contributed by atoms with Crippen LogP contribution in [0, 0.1) is 29.6 Å². The van der Waals surface area contributed by atoms with E-state index in [2.05, 4.69) is 40.7 Å². The van der Waals surface area contributed by atoms with Gasteiger partial charge in [-0.3, -0.25) is 14.4 Å². The summed E-state index contributed by atoms with van der Waals surface area (Å²) in [5, 5.41) is 36.7. The summed E-state index contributed by atoms with van der Waals surface area (Å²) in [4.78, 5) is 60.6. The third-order valence-electron chi connectivity index (χ3n) is 15.4. The highest BCUT2D eigenvalue weighted by Gasteiger charge is 2.56. The van der Waals surface area contributed by atoms with E-state index in [1.54, 1.807) is 13.8 Å². The van der Waals surface area contributed by atoms with Crippen LogP contribution < -0.4 is 4.90 Å². The molecule has 1 aliphatic carbocycles. The van der Waals surface area contributed by atoms with Crippen molar-refractivity contribution in [2.45, 2.75) is 167 Å². The topological polar surface area (TPSA) is 177 Å². The van der Waals surface area contributed by atoms with Gasteiger partial charge in [-0.2, -0.15) is 0 Å². The highest BCUT2D eigenvalue weighted by Crippen LogP contribution is 2.40. The number of anilines is 1. The molecule has 2 bridgehead atoms. The lowest BCUT2D eigenvalue weighted by molar-refractivity contribution is -0.302. The van der Waals surface area contributed by atoms with Crippen molar-refractivity contribution in [1.29, 1.82) is 0 Å². The van der Waals surface area contributed by atoms with Crippen molar-refractivity contribution in [2.24, 2.45) is 36.6 Å². The Kier molecular flexibility index (Phi) is 17.2. The number of ether oxygens (including phenoxy) is 4. The molecule has 0 spiro atoms. The van der Waals surface area contributed by atoms with Gasteiger partial charge in [-0.15, -0.1) is 0 Å². The number of nitrogens with zero attached hydrogens (tertiary/aromatic N) is 3. The molecule has 0 radical (unpaired) electrons. The van der Waals surface area contributed by atoms with Gasteiger partial charge in [0.25, 0.3) is 11.7 Å². The first-order chi connectivity index (χ1) is 31.3. The quantitative estimate of drug-likeness (QED) is 0.157. The molecule has 4 aliphatic rings. The number of aromatic nitrogens is 1.